The predicted octanol–water partition coefficient (Wildman–Crippen LogP) is 10.2. The number of hydrogen-bond donors (Lipinski definition) is 0. The lowest BCUT2D eigenvalue weighted by atomic mass is 9.87. The highest BCUT2D eigenvalue weighted by Crippen LogP contribution is 2.44. The molecule has 0 saturated carbocycles. The monoisotopic (exact) mass is 564 g/mol. The van der Waals surface area contributed by atoms with Gasteiger partial charge in [0.1, 0.15) is 17.2 Å². The van der Waals surface area contributed by atoms with E-state index in [-0.39, 0.29) is 0 Å². The lowest BCUT2D eigenvalue weighted by Gasteiger charge is -2.20. The third kappa shape index (κ3) is 6.65. The van der Waals surface area contributed by atoms with E-state index >= 15 is 0 Å². The highest BCUT2D eigenvalue weighted by molar-refractivity contribution is 6.31. The summed E-state index contributed by atoms with van der Waals surface area (Å²) in [7, 11) is 3.38. The van der Waals surface area contributed by atoms with Crippen LogP contribution in [0.4, 0.5) is 0 Å². The van der Waals surface area contributed by atoms with Crippen molar-refractivity contribution in [2.45, 2.75) is 57.7 Å². The van der Waals surface area contributed by atoms with Gasteiger partial charge in [-0.2, -0.15) is 0 Å². The third-order valence-corrected chi connectivity index (χ3v) is 8.00. The van der Waals surface area contributed by atoms with Gasteiger partial charge in [0.25, 0.3) is 0 Å². The first-order valence-corrected chi connectivity index (χ1v) is 14.7. The van der Waals surface area contributed by atoms with E-state index in [0.29, 0.717) is 23.4 Å². The molecule has 206 valence electrons. The molecule has 0 aliphatic heterocycles. The molecule has 0 aliphatic carbocycles. The Kier molecular flexibility index (Phi) is 10.4. The highest BCUT2D eigenvalue weighted by atomic mass is 35.5. The van der Waals surface area contributed by atoms with E-state index in [1.807, 2.05) is 30.3 Å². The minimum absolute atomic E-state index is 0.446. The van der Waals surface area contributed by atoms with Gasteiger partial charge in [0.05, 0.1) is 20.8 Å². The van der Waals surface area contributed by atoms with Crippen LogP contribution in [-0.2, 0) is 12.3 Å². The number of methoxy groups -OCH3 is 2. The van der Waals surface area contributed by atoms with Gasteiger partial charge in [0, 0.05) is 27.6 Å². The van der Waals surface area contributed by atoms with Crippen LogP contribution in [0.3, 0.4) is 0 Å². The molecule has 0 fully saturated rings. The van der Waals surface area contributed by atoms with Crippen molar-refractivity contribution in [2.24, 2.45) is 0 Å². The fourth-order valence-electron chi connectivity index (χ4n) is 5.53. The van der Waals surface area contributed by atoms with Crippen molar-refractivity contribution >= 4 is 34.0 Å². The topological polar surface area (TPSA) is 27.7 Å². The zero-order valence-corrected chi connectivity index (χ0v) is 24.9. The van der Waals surface area contributed by atoms with Gasteiger partial charge in [-0.25, -0.2) is 0 Å². The van der Waals surface area contributed by atoms with Gasteiger partial charge in [-0.3, -0.25) is 0 Å². The Balaban J connectivity index is 1.41. The van der Waals surface area contributed by atoms with Gasteiger partial charge < -0.3 is 14.2 Å². The lowest BCUT2D eigenvalue weighted by molar-refractivity contribution is 0.305. The summed E-state index contributed by atoms with van der Waals surface area (Å²) in [5.74, 6) is 3.40. The molecule has 4 aromatic rings. The van der Waals surface area contributed by atoms with Crippen molar-refractivity contribution < 1.29 is 14.2 Å². The number of rotatable bonds is 13. The predicted molar refractivity (Wildman–Crippen MR) is 165 cm³/mol. The van der Waals surface area contributed by atoms with E-state index in [4.69, 9.17) is 37.4 Å². The van der Waals surface area contributed by atoms with Gasteiger partial charge in [-0.1, -0.05) is 74.7 Å². The Morgan fingerprint density at radius 1 is 0.821 bits per heavy atom. The maximum atomic E-state index is 6.44. The van der Waals surface area contributed by atoms with Crippen molar-refractivity contribution in [3.8, 4) is 28.4 Å². The van der Waals surface area contributed by atoms with Crippen LogP contribution in [0, 0.1) is 0 Å². The molecule has 0 N–H and O–H groups in total. The first kappa shape index (κ1) is 29.1. The quantitative estimate of drug-likeness (QED) is 0.119. The van der Waals surface area contributed by atoms with Crippen molar-refractivity contribution in [1.82, 2.24) is 0 Å². The Hall–Kier alpha value is -2.88. The van der Waals surface area contributed by atoms with Crippen molar-refractivity contribution in [1.29, 1.82) is 0 Å². The van der Waals surface area contributed by atoms with E-state index in [1.54, 1.807) is 14.2 Å². The van der Waals surface area contributed by atoms with E-state index in [1.165, 1.54) is 21.9 Å². The maximum absolute atomic E-state index is 6.44. The molecule has 1 unspecified atom stereocenters. The molecular formula is C34H38Cl2O3. The second-order valence-electron chi connectivity index (χ2n) is 9.91. The number of ether oxygens (including phenoxy) is 3. The van der Waals surface area contributed by atoms with Gasteiger partial charge in [0.2, 0.25) is 0 Å². The lowest BCUT2D eigenvalue weighted by Crippen LogP contribution is -2.03. The van der Waals surface area contributed by atoms with Crippen LogP contribution in [0.1, 0.15) is 62.1 Å². The Morgan fingerprint density at radius 2 is 1.56 bits per heavy atom. The summed E-state index contributed by atoms with van der Waals surface area (Å²) in [6.45, 7) is 5.07. The molecule has 1 atom stereocenters. The first-order chi connectivity index (χ1) is 19.0. The van der Waals surface area contributed by atoms with Crippen LogP contribution in [-0.4, -0.2) is 20.8 Å². The number of alkyl halides is 1. The molecule has 0 spiro atoms. The number of halogens is 2. The van der Waals surface area contributed by atoms with E-state index in [0.717, 1.165) is 66.0 Å². The third-order valence-electron chi connectivity index (χ3n) is 7.47. The molecule has 4 aromatic carbocycles. The molecule has 5 heteroatoms. The molecule has 4 rings (SSSR count). The van der Waals surface area contributed by atoms with Gasteiger partial charge in [-0.15, -0.1) is 11.6 Å². The number of benzene rings is 4. The van der Waals surface area contributed by atoms with Crippen molar-refractivity contribution in [2.75, 3.05) is 20.8 Å². The molecule has 0 aromatic heterocycles. The summed E-state index contributed by atoms with van der Waals surface area (Å²) in [6, 6.07) is 22.6. The van der Waals surface area contributed by atoms with Crippen LogP contribution in [0.2, 0.25) is 5.02 Å². The summed E-state index contributed by atoms with van der Waals surface area (Å²) in [6.07, 6.45) is 5.11. The van der Waals surface area contributed by atoms with Crippen LogP contribution in [0.5, 0.6) is 17.2 Å². The molecule has 0 radical (unpaired) electrons. The SMILES string of the molecule is CCc1c(OC)ccc(OC)c1-c1cc(Cl)ccc1OCCCCCC(C)c1c(CCl)ccc2ccccc12. The molecule has 0 aliphatic rings. The Bertz CT molecular complexity index is 1400. The standard InChI is InChI=1S/C34H38Cl2O3/c1-5-27-30(37-3)18-19-32(38-4)34(27)29-21-26(36)16-17-31(29)39-20-10-6-7-11-23(2)33-25(22-35)15-14-24-12-8-9-13-28(24)33/h8-9,12-19,21,23H,5-7,10-11,20,22H2,1-4H3. The Labute approximate surface area is 243 Å². The number of hydrogen-bond acceptors (Lipinski definition) is 3. The largest absolute Gasteiger partial charge is 0.496 e. The smallest absolute Gasteiger partial charge is 0.127 e. The maximum Gasteiger partial charge on any atom is 0.127 e. The van der Waals surface area contributed by atoms with Gasteiger partial charge in [-0.05, 0) is 77.4 Å². The van der Waals surface area contributed by atoms with Crippen LogP contribution in [0.15, 0.2) is 66.7 Å². The zero-order valence-electron chi connectivity index (χ0n) is 23.4. The van der Waals surface area contributed by atoms with E-state index < -0.39 is 0 Å². The minimum Gasteiger partial charge on any atom is -0.496 e. The second-order valence-corrected chi connectivity index (χ2v) is 10.6. The van der Waals surface area contributed by atoms with Crippen LogP contribution >= 0.6 is 23.2 Å². The van der Waals surface area contributed by atoms with E-state index in [2.05, 4.69) is 50.2 Å². The molecule has 0 heterocycles. The molecule has 0 saturated heterocycles. The van der Waals surface area contributed by atoms with Crippen LogP contribution in [0.25, 0.3) is 21.9 Å². The average Bonchev–Trinajstić information content (AvgIpc) is 2.97. The summed E-state index contributed by atoms with van der Waals surface area (Å²) >= 11 is 12.8. The summed E-state index contributed by atoms with van der Waals surface area (Å²) < 4.78 is 17.7. The molecule has 0 amide bonds. The zero-order chi connectivity index (χ0) is 27.8. The number of fused-ring (bicyclic) bond motifs is 1. The van der Waals surface area contributed by atoms with Gasteiger partial charge >= 0.3 is 0 Å². The molecular weight excluding hydrogens is 527 g/mol. The summed E-state index contributed by atoms with van der Waals surface area (Å²) in [4.78, 5) is 0. The highest BCUT2D eigenvalue weighted by Gasteiger charge is 2.20. The fraction of sp³-hybridized carbons (Fsp3) is 0.353. The van der Waals surface area contributed by atoms with E-state index in [9.17, 15) is 0 Å². The second kappa shape index (κ2) is 14.0. The molecule has 39 heavy (non-hydrogen) atoms. The minimum atomic E-state index is 0.446. The number of unbranched alkanes of at least 4 members (excludes halogenated alkanes) is 2. The van der Waals surface area contributed by atoms with Gasteiger partial charge in [0.15, 0.2) is 0 Å². The first-order valence-electron chi connectivity index (χ1n) is 13.7. The molecule has 3 nitrogen and oxygen atoms in total. The van der Waals surface area contributed by atoms with Crippen molar-refractivity contribution in [3.63, 3.8) is 0 Å². The van der Waals surface area contributed by atoms with Crippen LogP contribution < -0.4 is 14.2 Å². The molecule has 0 bridgehead atoms. The Morgan fingerprint density at radius 3 is 2.31 bits per heavy atom. The normalized spacial score (nSPS) is 11.9. The van der Waals surface area contributed by atoms with Crippen molar-refractivity contribution in [3.05, 3.63) is 88.4 Å². The average molecular weight is 566 g/mol. The summed E-state index contributed by atoms with van der Waals surface area (Å²) in [5.41, 5.74) is 5.59. The fourth-order valence-corrected chi connectivity index (χ4v) is 5.94. The summed E-state index contributed by atoms with van der Waals surface area (Å²) in [5, 5.41) is 3.25.